The second-order valence-corrected chi connectivity index (χ2v) is 6.33. The highest BCUT2D eigenvalue weighted by Gasteiger charge is 2.14. The molecule has 0 aliphatic rings. The first-order valence-corrected chi connectivity index (χ1v) is 7.80. The van der Waals surface area contributed by atoms with Gasteiger partial charge >= 0.3 is 0 Å². The van der Waals surface area contributed by atoms with Gasteiger partial charge in [-0.25, -0.2) is 13.1 Å². The fourth-order valence-corrected chi connectivity index (χ4v) is 2.82. The molecule has 0 unspecified atom stereocenters. The molecule has 3 N–H and O–H groups in total. The molecule has 2 rings (SSSR count). The van der Waals surface area contributed by atoms with E-state index in [2.05, 4.69) is 9.71 Å². The fraction of sp³-hybridized carbons (Fsp3) is 0.154. The Hall–Kier alpha value is -1.63. The van der Waals surface area contributed by atoms with Crippen molar-refractivity contribution in [3.63, 3.8) is 0 Å². The van der Waals surface area contributed by atoms with Crippen LogP contribution in [-0.2, 0) is 16.4 Å². The average molecular weight is 312 g/mol. The monoisotopic (exact) mass is 311 g/mol. The molecule has 7 heteroatoms. The number of nitrogen functional groups attached to an aromatic ring is 1. The predicted octanol–water partition coefficient (Wildman–Crippen LogP) is 1.84. The minimum Gasteiger partial charge on any atom is -0.397 e. The zero-order valence-corrected chi connectivity index (χ0v) is 12.2. The molecular weight excluding hydrogens is 298 g/mol. The lowest BCUT2D eigenvalue weighted by atomic mass is 10.3. The normalized spacial score (nSPS) is 11.4. The summed E-state index contributed by atoms with van der Waals surface area (Å²) in [6.07, 6.45) is 2.19. The van der Waals surface area contributed by atoms with Gasteiger partial charge in [-0.15, -0.1) is 0 Å². The average Bonchev–Trinajstić information content (AvgIpc) is 2.43. The molecular formula is C13H14ClN3O2S. The number of nitrogens with one attached hydrogen (secondary N) is 1. The number of pyridine rings is 1. The first-order valence-electron chi connectivity index (χ1n) is 5.93. The Morgan fingerprint density at radius 3 is 2.70 bits per heavy atom. The van der Waals surface area contributed by atoms with Crippen LogP contribution >= 0.6 is 11.6 Å². The molecule has 0 amide bonds. The van der Waals surface area contributed by atoms with Gasteiger partial charge in [-0.05, 0) is 30.3 Å². The number of benzene rings is 1. The van der Waals surface area contributed by atoms with Crippen LogP contribution in [-0.4, -0.2) is 19.9 Å². The van der Waals surface area contributed by atoms with Crippen molar-refractivity contribution < 1.29 is 8.42 Å². The van der Waals surface area contributed by atoms with Crippen LogP contribution in [0.5, 0.6) is 0 Å². The summed E-state index contributed by atoms with van der Waals surface area (Å²) in [6.45, 7) is 0.266. The number of hydrogen-bond donors (Lipinski definition) is 2. The molecule has 0 radical (unpaired) electrons. The topological polar surface area (TPSA) is 85.1 Å². The molecule has 0 saturated heterocycles. The van der Waals surface area contributed by atoms with Crippen molar-refractivity contribution in [2.45, 2.75) is 11.3 Å². The molecule has 0 spiro atoms. The zero-order valence-electron chi connectivity index (χ0n) is 10.6. The van der Waals surface area contributed by atoms with Gasteiger partial charge < -0.3 is 5.73 Å². The van der Waals surface area contributed by atoms with E-state index in [4.69, 9.17) is 17.3 Å². The van der Waals surface area contributed by atoms with Crippen LogP contribution in [0.15, 0.2) is 47.5 Å². The molecule has 20 heavy (non-hydrogen) atoms. The number of hydrogen-bond acceptors (Lipinski definition) is 4. The molecule has 1 heterocycles. The number of halogens is 1. The van der Waals surface area contributed by atoms with Crippen molar-refractivity contribution in [3.8, 4) is 0 Å². The second-order valence-electron chi connectivity index (χ2n) is 4.15. The van der Waals surface area contributed by atoms with Crippen molar-refractivity contribution in [1.82, 2.24) is 9.71 Å². The number of aromatic nitrogens is 1. The molecule has 0 atom stereocenters. The summed E-state index contributed by atoms with van der Waals surface area (Å²) in [6, 6.07) is 9.73. The van der Waals surface area contributed by atoms with Gasteiger partial charge in [0.1, 0.15) is 0 Å². The van der Waals surface area contributed by atoms with Gasteiger partial charge in [-0.2, -0.15) is 0 Å². The summed E-state index contributed by atoms with van der Waals surface area (Å²) in [4.78, 5) is 4.22. The highest BCUT2D eigenvalue weighted by Crippen LogP contribution is 2.21. The lowest BCUT2D eigenvalue weighted by Crippen LogP contribution is -2.26. The Morgan fingerprint density at radius 2 is 2.05 bits per heavy atom. The van der Waals surface area contributed by atoms with Crippen molar-refractivity contribution in [3.05, 3.63) is 53.3 Å². The van der Waals surface area contributed by atoms with E-state index in [0.717, 1.165) is 5.69 Å². The summed E-state index contributed by atoms with van der Waals surface area (Å²) in [5.41, 5.74) is 6.66. The SMILES string of the molecule is Nc1cc(S(=O)(=O)NCCc2ccccn2)ccc1Cl. The first kappa shape index (κ1) is 14.8. The largest absolute Gasteiger partial charge is 0.397 e. The van der Waals surface area contributed by atoms with E-state index in [1.165, 1.54) is 18.2 Å². The molecule has 1 aromatic heterocycles. The van der Waals surface area contributed by atoms with E-state index < -0.39 is 10.0 Å². The Labute approximate surface area is 122 Å². The van der Waals surface area contributed by atoms with E-state index in [1.54, 1.807) is 6.20 Å². The van der Waals surface area contributed by atoms with Gasteiger partial charge in [-0.3, -0.25) is 4.98 Å². The van der Waals surface area contributed by atoms with Gasteiger partial charge in [0, 0.05) is 24.9 Å². The fourth-order valence-electron chi connectivity index (χ4n) is 1.63. The number of nitrogens with zero attached hydrogens (tertiary/aromatic N) is 1. The molecule has 0 saturated carbocycles. The minimum absolute atomic E-state index is 0.0976. The zero-order chi connectivity index (χ0) is 14.6. The summed E-state index contributed by atoms with van der Waals surface area (Å²) in [7, 11) is -3.59. The number of anilines is 1. The van der Waals surface area contributed by atoms with Gasteiger partial charge in [0.2, 0.25) is 10.0 Å². The maximum Gasteiger partial charge on any atom is 0.240 e. The van der Waals surface area contributed by atoms with Gasteiger partial charge in [0.15, 0.2) is 0 Å². The van der Waals surface area contributed by atoms with Crippen molar-refractivity contribution in [2.75, 3.05) is 12.3 Å². The number of nitrogens with two attached hydrogens (primary N) is 1. The van der Waals surface area contributed by atoms with E-state index in [0.29, 0.717) is 11.4 Å². The quantitative estimate of drug-likeness (QED) is 0.825. The van der Waals surface area contributed by atoms with Crippen LogP contribution in [0.25, 0.3) is 0 Å². The van der Waals surface area contributed by atoms with Crippen LogP contribution in [0.1, 0.15) is 5.69 Å². The van der Waals surface area contributed by atoms with Gasteiger partial charge in [0.25, 0.3) is 0 Å². The lowest BCUT2D eigenvalue weighted by molar-refractivity contribution is 0.581. The lowest BCUT2D eigenvalue weighted by Gasteiger charge is -2.08. The third-order valence-corrected chi connectivity index (χ3v) is 4.48. The minimum atomic E-state index is -3.59. The number of rotatable bonds is 5. The smallest absolute Gasteiger partial charge is 0.240 e. The third-order valence-electron chi connectivity index (χ3n) is 2.68. The van der Waals surface area contributed by atoms with Gasteiger partial charge in [-0.1, -0.05) is 17.7 Å². The maximum atomic E-state index is 12.1. The molecule has 1 aromatic carbocycles. The van der Waals surface area contributed by atoms with Gasteiger partial charge in [0.05, 0.1) is 15.6 Å². The van der Waals surface area contributed by atoms with E-state index in [-0.39, 0.29) is 17.1 Å². The van der Waals surface area contributed by atoms with Crippen LogP contribution in [0.3, 0.4) is 0 Å². The predicted molar refractivity (Wildman–Crippen MR) is 79.0 cm³/mol. The second kappa shape index (κ2) is 6.21. The van der Waals surface area contributed by atoms with Crippen LogP contribution < -0.4 is 10.5 Å². The van der Waals surface area contributed by atoms with Crippen molar-refractivity contribution >= 4 is 27.3 Å². The highest BCUT2D eigenvalue weighted by atomic mass is 35.5. The molecule has 106 valence electrons. The van der Waals surface area contributed by atoms with Crippen LogP contribution in [0, 0.1) is 0 Å². The van der Waals surface area contributed by atoms with Crippen molar-refractivity contribution in [2.24, 2.45) is 0 Å². The Balaban J connectivity index is 2.02. The number of sulfonamides is 1. The maximum absolute atomic E-state index is 12.1. The van der Waals surface area contributed by atoms with E-state index in [9.17, 15) is 8.42 Å². The molecule has 0 aliphatic heterocycles. The molecule has 0 bridgehead atoms. The molecule has 0 fully saturated rings. The summed E-state index contributed by atoms with van der Waals surface area (Å²) in [5.74, 6) is 0. The van der Waals surface area contributed by atoms with Crippen LogP contribution in [0.4, 0.5) is 5.69 Å². The van der Waals surface area contributed by atoms with E-state index in [1.807, 2.05) is 18.2 Å². The third kappa shape index (κ3) is 3.69. The molecule has 2 aromatic rings. The Kier molecular flexibility index (Phi) is 4.59. The summed E-state index contributed by atoms with van der Waals surface area (Å²) < 4.78 is 26.6. The Bertz CT molecular complexity index is 690. The Morgan fingerprint density at radius 1 is 1.25 bits per heavy atom. The summed E-state index contributed by atoms with van der Waals surface area (Å²) >= 11 is 5.77. The molecule has 5 nitrogen and oxygen atoms in total. The van der Waals surface area contributed by atoms with E-state index >= 15 is 0 Å². The van der Waals surface area contributed by atoms with Crippen molar-refractivity contribution in [1.29, 1.82) is 0 Å². The van der Waals surface area contributed by atoms with Crippen LogP contribution in [0.2, 0.25) is 5.02 Å². The summed E-state index contributed by atoms with van der Waals surface area (Å²) in [5, 5.41) is 0.331. The standard InChI is InChI=1S/C13H14ClN3O2S/c14-12-5-4-11(9-13(12)15)20(18,19)17-8-6-10-3-1-2-7-16-10/h1-5,7,9,17H,6,8,15H2. The highest BCUT2D eigenvalue weighted by molar-refractivity contribution is 7.89. The first-order chi connectivity index (χ1) is 9.49. The molecule has 0 aliphatic carbocycles.